The highest BCUT2D eigenvalue weighted by Gasteiger charge is 2.36. The third kappa shape index (κ3) is 7.77. The van der Waals surface area contributed by atoms with Gasteiger partial charge in [-0.1, -0.05) is 206 Å². The van der Waals surface area contributed by atoms with Crippen molar-refractivity contribution < 1.29 is 13.9 Å². The molecule has 0 unspecified atom stereocenters. The number of hydrogen-bond acceptors (Lipinski definition) is 5. The Morgan fingerprint density at radius 3 is 1.73 bits per heavy atom. The summed E-state index contributed by atoms with van der Waals surface area (Å²) in [7, 11) is 0. The summed E-state index contributed by atoms with van der Waals surface area (Å²) >= 11 is 0. The number of nitrogens with zero attached hydrogens (tertiary/aromatic N) is 2. The van der Waals surface area contributed by atoms with Gasteiger partial charge in [0.25, 0.3) is 0 Å². The van der Waals surface area contributed by atoms with Crippen molar-refractivity contribution >= 4 is 39.0 Å². The number of hydrogen-bond donors (Lipinski definition) is 0. The molecule has 13 aromatic rings. The van der Waals surface area contributed by atoms with E-state index in [1.54, 1.807) is 0 Å². The Kier molecular flexibility index (Phi) is 10.9. The Morgan fingerprint density at radius 2 is 0.975 bits per heavy atom. The van der Waals surface area contributed by atoms with Crippen LogP contribution in [0.15, 0.2) is 271 Å². The molecule has 1 aliphatic carbocycles. The third-order valence-corrected chi connectivity index (χ3v) is 15.6. The number of rotatable bonds is 9. The summed E-state index contributed by atoms with van der Waals surface area (Å²) in [5.41, 5.74) is 22.6. The lowest BCUT2D eigenvalue weighted by molar-refractivity contribution is 0.362. The Morgan fingerprint density at radius 1 is 0.380 bits per heavy atom. The van der Waals surface area contributed by atoms with Gasteiger partial charge in [-0.15, -0.1) is 0 Å². The van der Waals surface area contributed by atoms with E-state index in [0.717, 1.165) is 67.6 Å². The maximum atomic E-state index is 10.2. The zero-order chi connectivity index (χ0) is 52.4. The van der Waals surface area contributed by atoms with E-state index in [-0.39, 0.29) is 0 Å². The van der Waals surface area contributed by atoms with Gasteiger partial charge in [-0.05, 0) is 151 Å². The van der Waals surface area contributed by atoms with Crippen LogP contribution in [0.1, 0.15) is 16.7 Å². The fraction of sp³-hybridized carbons (Fsp3) is 0.0135. The first kappa shape index (κ1) is 45.7. The summed E-state index contributed by atoms with van der Waals surface area (Å²) in [4.78, 5) is 2.31. The molecule has 0 radical (unpaired) electrons. The van der Waals surface area contributed by atoms with E-state index in [2.05, 4.69) is 211 Å². The lowest BCUT2D eigenvalue weighted by Gasteiger charge is -2.32. The number of para-hydroxylation sites is 3. The van der Waals surface area contributed by atoms with Crippen molar-refractivity contribution in [2.45, 2.75) is 6.42 Å². The van der Waals surface area contributed by atoms with Crippen LogP contribution in [0.3, 0.4) is 0 Å². The molecular weight excluding hydrogens is 965 g/mol. The Bertz CT molecular complexity index is 4580. The van der Waals surface area contributed by atoms with Crippen molar-refractivity contribution in [3.8, 4) is 107 Å². The molecule has 0 fully saturated rings. The second-order valence-electron chi connectivity index (χ2n) is 20.2. The number of furan rings is 1. The van der Waals surface area contributed by atoms with Gasteiger partial charge in [0.05, 0.1) is 22.6 Å². The topological polar surface area (TPSA) is 58.6 Å². The van der Waals surface area contributed by atoms with Crippen molar-refractivity contribution in [3.05, 3.63) is 284 Å². The summed E-state index contributed by atoms with van der Waals surface area (Å²) in [5.74, 6) is 2.18. The second-order valence-corrected chi connectivity index (χ2v) is 20.2. The molecule has 0 N–H and O–H groups in total. The fourth-order valence-corrected chi connectivity index (χ4v) is 12.0. The molecule has 5 nitrogen and oxygen atoms in total. The van der Waals surface area contributed by atoms with Gasteiger partial charge in [0.2, 0.25) is 0 Å². The first-order chi connectivity index (χ1) is 39.1. The van der Waals surface area contributed by atoms with Gasteiger partial charge in [-0.25, -0.2) is 0 Å². The van der Waals surface area contributed by atoms with Crippen molar-refractivity contribution in [3.63, 3.8) is 0 Å². The van der Waals surface area contributed by atoms with Crippen molar-refractivity contribution in [1.82, 2.24) is 0 Å². The molecule has 12 aromatic carbocycles. The van der Waals surface area contributed by atoms with Crippen LogP contribution in [0.25, 0.3) is 99.8 Å². The van der Waals surface area contributed by atoms with Crippen LogP contribution in [-0.2, 0) is 6.42 Å². The Balaban J connectivity index is 0.975. The SMILES string of the molecule is N#Cc1cccc(-c2c3c(c(N(c4ccc(-c5ccc(-c6ccccc6)c(-c6ccccc6)c5)cc4)c4cccc(-c5ccc(-c6ccccc6)c6c5Cc5ccccc5-6)c4)c4c2oc2ccccc24)Oc2ccccc2O3)c1. The van der Waals surface area contributed by atoms with E-state index >= 15 is 0 Å². The van der Waals surface area contributed by atoms with Crippen molar-refractivity contribution in [2.75, 3.05) is 4.90 Å². The lowest BCUT2D eigenvalue weighted by Crippen LogP contribution is -2.14. The maximum absolute atomic E-state index is 10.2. The number of fused-ring (bicyclic) bond motifs is 8. The van der Waals surface area contributed by atoms with E-state index in [1.807, 2.05) is 66.7 Å². The summed E-state index contributed by atoms with van der Waals surface area (Å²) in [6.45, 7) is 0. The highest BCUT2D eigenvalue weighted by atomic mass is 16.6. The van der Waals surface area contributed by atoms with Crippen molar-refractivity contribution in [2.24, 2.45) is 0 Å². The van der Waals surface area contributed by atoms with Crippen LogP contribution < -0.4 is 14.4 Å². The minimum absolute atomic E-state index is 0.493. The number of nitriles is 1. The van der Waals surface area contributed by atoms with E-state index < -0.39 is 0 Å². The van der Waals surface area contributed by atoms with Crippen LogP contribution in [0.5, 0.6) is 23.0 Å². The summed E-state index contributed by atoms with van der Waals surface area (Å²) < 4.78 is 21.4. The minimum Gasteiger partial charge on any atom is -0.455 e. The molecule has 0 atom stereocenters. The number of anilines is 3. The van der Waals surface area contributed by atoms with Crippen LogP contribution in [0.4, 0.5) is 17.1 Å². The predicted octanol–water partition coefficient (Wildman–Crippen LogP) is 20.4. The molecule has 1 aliphatic heterocycles. The zero-order valence-corrected chi connectivity index (χ0v) is 42.7. The second kappa shape index (κ2) is 18.9. The smallest absolute Gasteiger partial charge is 0.195 e. The molecule has 1 aromatic heterocycles. The Hall–Kier alpha value is -10.7. The third-order valence-electron chi connectivity index (χ3n) is 15.6. The molecule has 5 heteroatoms. The molecule has 0 saturated carbocycles. The van der Waals surface area contributed by atoms with Gasteiger partial charge >= 0.3 is 0 Å². The van der Waals surface area contributed by atoms with Crippen molar-refractivity contribution in [1.29, 1.82) is 5.26 Å². The maximum Gasteiger partial charge on any atom is 0.195 e. The molecule has 0 amide bonds. The largest absolute Gasteiger partial charge is 0.455 e. The van der Waals surface area contributed by atoms with Gasteiger partial charge in [0.1, 0.15) is 16.9 Å². The highest BCUT2D eigenvalue weighted by Crippen LogP contribution is 2.61. The first-order valence-electron chi connectivity index (χ1n) is 26.7. The first-order valence-corrected chi connectivity index (χ1v) is 26.7. The average molecular weight is 1010 g/mol. The average Bonchev–Trinajstić information content (AvgIpc) is 4.19. The minimum atomic E-state index is 0.493. The van der Waals surface area contributed by atoms with Crippen LogP contribution in [0.2, 0.25) is 0 Å². The van der Waals surface area contributed by atoms with Crippen LogP contribution >= 0.6 is 0 Å². The van der Waals surface area contributed by atoms with E-state index in [0.29, 0.717) is 45.3 Å². The molecule has 0 spiro atoms. The van der Waals surface area contributed by atoms with Crippen LogP contribution in [0, 0.1) is 11.3 Å². The van der Waals surface area contributed by atoms with Gasteiger partial charge in [-0.2, -0.15) is 5.26 Å². The molecule has 79 heavy (non-hydrogen) atoms. The van der Waals surface area contributed by atoms with Gasteiger partial charge in [0.15, 0.2) is 23.0 Å². The quantitative estimate of drug-likeness (QED) is 0.144. The standard InChI is InChI=1S/C74H46N2O3/c75-46-47-18-16-27-55(42-47)68-72-70(62-30-12-13-31-65(62)77-72)71(74-73(68)78-66-32-14-15-33-67(66)79-74)76(56-37-34-48(35-38-56)52-36-39-58(49-19-4-1-5-20-49)63(44-52)51-23-8-3-9-24-51)57-28-17-26-53(43-57)59-40-41-61(50-21-6-2-7-22-50)69-60-29-11-10-25-54(60)45-64(59)69/h1-44H,45H2. The number of benzene rings is 12. The van der Waals surface area contributed by atoms with E-state index in [9.17, 15) is 5.26 Å². The van der Waals surface area contributed by atoms with Gasteiger partial charge in [-0.3, -0.25) is 0 Å². The monoisotopic (exact) mass is 1010 g/mol. The summed E-state index contributed by atoms with van der Waals surface area (Å²) in [6, 6.07) is 95.8. The fourth-order valence-electron chi connectivity index (χ4n) is 12.0. The van der Waals surface area contributed by atoms with Crippen LogP contribution in [-0.4, -0.2) is 0 Å². The highest BCUT2D eigenvalue weighted by molar-refractivity contribution is 6.21. The number of ether oxygens (including phenoxy) is 2. The lowest BCUT2D eigenvalue weighted by atomic mass is 9.89. The molecule has 2 heterocycles. The molecule has 370 valence electrons. The Labute approximate surface area is 457 Å². The predicted molar refractivity (Wildman–Crippen MR) is 321 cm³/mol. The molecule has 2 aliphatic rings. The molecule has 15 rings (SSSR count). The zero-order valence-electron chi connectivity index (χ0n) is 42.7. The molecule has 0 bridgehead atoms. The van der Waals surface area contributed by atoms with E-state index in [1.165, 1.54) is 50.1 Å². The van der Waals surface area contributed by atoms with E-state index in [4.69, 9.17) is 13.9 Å². The van der Waals surface area contributed by atoms with Gasteiger partial charge in [0, 0.05) is 16.8 Å². The normalized spacial score (nSPS) is 11.9. The molecule has 0 saturated heterocycles. The molecular formula is C74H46N2O3. The van der Waals surface area contributed by atoms with Gasteiger partial charge < -0.3 is 18.8 Å². The summed E-state index contributed by atoms with van der Waals surface area (Å²) in [6.07, 6.45) is 0.823. The summed E-state index contributed by atoms with van der Waals surface area (Å²) in [5, 5.41) is 12.0.